The van der Waals surface area contributed by atoms with Crippen molar-refractivity contribution in [3.8, 4) is 0 Å². The fraction of sp³-hybridized carbons (Fsp3) is 0.250. The Balaban J connectivity index is 1.65. The number of ketones is 1. The van der Waals surface area contributed by atoms with Crippen LogP contribution in [0.4, 0.5) is 0 Å². The summed E-state index contributed by atoms with van der Waals surface area (Å²) in [6.45, 7) is 0. The Kier molecular flexibility index (Phi) is 6.12. The smallest absolute Gasteiger partial charge is 0.187 e. The highest BCUT2D eigenvalue weighted by Crippen LogP contribution is 2.22. The second kappa shape index (κ2) is 8.72. The molecule has 1 aromatic heterocycles. The van der Waals surface area contributed by atoms with Crippen LogP contribution in [0.15, 0.2) is 71.7 Å². The van der Waals surface area contributed by atoms with Crippen LogP contribution in [0.3, 0.4) is 0 Å². The van der Waals surface area contributed by atoms with Gasteiger partial charge in [-0.2, -0.15) is 5.10 Å². The Bertz CT molecular complexity index is 803. The molecule has 1 unspecified atom stereocenters. The molecule has 0 radical (unpaired) electrons. The third kappa shape index (κ3) is 4.86. The SMILES string of the molecule is O=C(c1cccc(Br)c1)C(CCCCc1ccccc1)n1cncn1. The number of hydrogen-bond donors (Lipinski definition) is 0. The molecule has 0 bridgehead atoms. The van der Waals surface area contributed by atoms with Gasteiger partial charge in [0.2, 0.25) is 0 Å². The van der Waals surface area contributed by atoms with Crippen molar-refractivity contribution in [2.75, 3.05) is 0 Å². The van der Waals surface area contributed by atoms with Crippen LogP contribution < -0.4 is 0 Å². The molecule has 0 saturated carbocycles. The summed E-state index contributed by atoms with van der Waals surface area (Å²) in [5, 5.41) is 4.20. The molecule has 0 saturated heterocycles. The van der Waals surface area contributed by atoms with Gasteiger partial charge in [0.25, 0.3) is 0 Å². The molecule has 1 atom stereocenters. The van der Waals surface area contributed by atoms with Crippen LogP contribution >= 0.6 is 15.9 Å². The summed E-state index contributed by atoms with van der Waals surface area (Å²) < 4.78 is 2.57. The van der Waals surface area contributed by atoms with E-state index in [-0.39, 0.29) is 11.8 Å². The van der Waals surface area contributed by atoms with E-state index in [1.165, 1.54) is 11.9 Å². The van der Waals surface area contributed by atoms with Gasteiger partial charge in [0, 0.05) is 10.0 Å². The molecule has 128 valence electrons. The molecule has 0 N–H and O–H groups in total. The van der Waals surface area contributed by atoms with Crippen molar-refractivity contribution in [2.45, 2.75) is 31.7 Å². The van der Waals surface area contributed by atoms with Crippen LogP contribution in [0.2, 0.25) is 0 Å². The molecule has 0 aliphatic carbocycles. The third-order valence-corrected chi connectivity index (χ3v) is 4.70. The lowest BCUT2D eigenvalue weighted by Gasteiger charge is -2.16. The summed E-state index contributed by atoms with van der Waals surface area (Å²) in [7, 11) is 0. The second-order valence-electron chi connectivity index (χ2n) is 6.00. The molecule has 3 aromatic rings. The molecule has 1 heterocycles. The van der Waals surface area contributed by atoms with Crippen LogP contribution in [0.25, 0.3) is 0 Å². The average Bonchev–Trinajstić information content (AvgIpc) is 3.16. The first-order valence-electron chi connectivity index (χ1n) is 8.42. The van der Waals surface area contributed by atoms with Crippen LogP contribution in [-0.4, -0.2) is 20.5 Å². The maximum atomic E-state index is 13.0. The normalized spacial score (nSPS) is 12.0. The van der Waals surface area contributed by atoms with Gasteiger partial charge in [-0.3, -0.25) is 4.79 Å². The van der Waals surface area contributed by atoms with Crippen LogP contribution in [0.5, 0.6) is 0 Å². The van der Waals surface area contributed by atoms with Gasteiger partial charge >= 0.3 is 0 Å². The fourth-order valence-corrected chi connectivity index (χ4v) is 3.31. The van der Waals surface area contributed by atoms with Gasteiger partial charge in [-0.15, -0.1) is 0 Å². The zero-order chi connectivity index (χ0) is 17.5. The zero-order valence-electron chi connectivity index (χ0n) is 13.9. The minimum Gasteiger partial charge on any atom is -0.292 e. The summed E-state index contributed by atoms with van der Waals surface area (Å²) in [4.78, 5) is 17.0. The molecule has 4 nitrogen and oxygen atoms in total. The first-order valence-corrected chi connectivity index (χ1v) is 9.21. The van der Waals surface area contributed by atoms with E-state index in [1.54, 1.807) is 11.0 Å². The number of rotatable bonds is 8. The number of hydrogen-bond acceptors (Lipinski definition) is 3. The molecule has 2 aromatic carbocycles. The maximum absolute atomic E-state index is 13.0. The van der Waals surface area contributed by atoms with Crippen molar-refractivity contribution < 1.29 is 4.79 Å². The first kappa shape index (κ1) is 17.5. The highest BCUT2D eigenvalue weighted by molar-refractivity contribution is 9.10. The minimum absolute atomic E-state index is 0.0755. The average molecular weight is 398 g/mol. The Morgan fingerprint density at radius 1 is 1.08 bits per heavy atom. The number of Topliss-reactive ketones (excluding diaryl/α,β-unsaturated/α-hetero) is 1. The van der Waals surface area contributed by atoms with Gasteiger partial charge in [0.05, 0.1) is 0 Å². The second-order valence-corrected chi connectivity index (χ2v) is 6.91. The standard InChI is InChI=1S/C20H20BrN3O/c21-18-11-6-10-17(13-18)20(25)19(24-15-22-14-23-24)12-5-4-9-16-7-2-1-3-8-16/h1-3,6-8,10-11,13-15,19H,4-5,9,12H2. The van der Waals surface area contributed by atoms with E-state index in [1.807, 2.05) is 30.3 Å². The number of carbonyl (C=O) groups is 1. The van der Waals surface area contributed by atoms with Crippen molar-refractivity contribution in [3.63, 3.8) is 0 Å². The van der Waals surface area contributed by atoms with E-state index in [2.05, 4.69) is 50.3 Å². The molecule has 0 amide bonds. The lowest BCUT2D eigenvalue weighted by atomic mass is 9.98. The number of aryl methyl sites for hydroxylation is 1. The molecule has 0 aliphatic heterocycles. The molecule has 0 spiro atoms. The molecule has 25 heavy (non-hydrogen) atoms. The molecule has 3 rings (SSSR count). The predicted molar refractivity (Wildman–Crippen MR) is 102 cm³/mol. The number of benzene rings is 2. The monoisotopic (exact) mass is 397 g/mol. The van der Waals surface area contributed by atoms with Gasteiger partial charge < -0.3 is 0 Å². The number of unbranched alkanes of at least 4 members (excludes halogenated alkanes) is 1. The highest BCUT2D eigenvalue weighted by atomic mass is 79.9. The van der Waals surface area contributed by atoms with Crippen molar-refractivity contribution >= 4 is 21.7 Å². The minimum atomic E-state index is -0.312. The number of aromatic nitrogens is 3. The van der Waals surface area contributed by atoms with Crippen molar-refractivity contribution in [1.29, 1.82) is 0 Å². The largest absolute Gasteiger partial charge is 0.292 e. The maximum Gasteiger partial charge on any atom is 0.187 e. The van der Waals surface area contributed by atoms with Gasteiger partial charge in [0.15, 0.2) is 5.78 Å². The molecular weight excluding hydrogens is 378 g/mol. The highest BCUT2D eigenvalue weighted by Gasteiger charge is 2.22. The summed E-state index contributed by atoms with van der Waals surface area (Å²) in [6.07, 6.45) is 6.88. The Labute approximate surface area is 156 Å². The van der Waals surface area contributed by atoms with E-state index in [9.17, 15) is 4.79 Å². The lowest BCUT2D eigenvalue weighted by Crippen LogP contribution is -2.20. The predicted octanol–water partition coefficient (Wildman–Crippen LogP) is 4.88. The van der Waals surface area contributed by atoms with Crippen LogP contribution in [0, 0.1) is 0 Å². The van der Waals surface area contributed by atoms with Crippen LogP contribution in [0.1, 0.15) is 41.2 Å². The van der Waals surface area contributed by atoms with Crippen molar-refractivity contribution in [1.82, 2.24) is 14.8 Å². The van der Waals surface area contributed by atoms with Gasteiger partial charge in [0.1, 0.15) is 18.7 Å². The van der Waals surface area contributed by atoms with Crippen molar-refractivity contribution in [3.05, 3.63) is 82.9 Å². The molecule has 5 heteroatoms. The van der Waals surface area contributed by atoms with E-state index in [0.29, 0.717) is 5.56 Å². The van der Waals surface area contributed by atoms with E-state index < -0.39 is 0 Å². The molecular formula is C20H20BrN3O. The zero-order valence-corrected chi connectivity index (χ0v) is 15.5. The van der Waals surface area contributed by atoms with E-state index in [4.69, 9.17) is 0 Å². The fourth-order valence-electron chi connectivity index (χ4n) is 2.91. The topological polar surface area (TPSA) is 47.8 Å². The number of carbonyl (C=O) groups excluding carboxylic acids is 1. The number of nitrogens with zero attached hydrogens (tertiary/aromatic N) is 3. The Hall–Kier alpha value is -2.27. The number of halogens is 1. The first-order chi connectivity index (χ1) is 12.2. The quantitative estimate of drug-likeness (QED) is 0.402. The Morgan fingerprint density at radius 3 is 2.64 bits per heavy atom. The molecule has 0 aliphatic rings. The molecule has 0 fully saturated rings. The summed E-state index contributed by atoms with van der Waals surface area (Å²) >= 11 is 3.43. The third-order valence-electron chi connectivity index (χ3n) is 4.20. The summed E-state index contributed by atoms with van der Waals surface area (Å²) in [5.41, 5.74) is 2.02. The van der Waals surface area contributed by atoms with Gasteiger partial charge in [-0.25, -0.2) is 9.67 Å². The summed E-state index contributed by atoms with van der Waals surface area (Å²) in [5.74, 6) is 0.0755. The van der Waals surface area contributed by atoms with E-state index in [0.717, 1.165) is 30.2 Å². The van der Waals surface area contributed by atoms with E-state index >= 15 is 0 Å². The van der Waals surface area contributed by atoms with Gasteiger partial charge in [-0.1, -0.05) is 64.8 Å². The Morgan fingerprint density at radius 2 is 1.92 bits per heavy atom. The van der Waals surface area contributed by atoms with Crippen molar-refractivity contribution in [2.24, 2.45) is 0 Å². The summed E-state index contributed by atoms with van der Waals surface area (Å²) in [6, 6.07) is 17.6. The van der Waals surface area contributed by atoms with Gasteiger partial charge in [-0.05, 0) is 37.0 Å². The lowest BCUT2D eigenvalue weighted by molar-refractivity contribution is 0.0908. The van der Waals surface area contributed by atoms with Crippen LogP contribution in [-0.2, 0) is 6.42 Å².